The second-order valence-corrected chi connectivity index (χ2v) is 10.2. The first kappa shape index (κ1) is 23.7. The average molecular weight is 531 g/mol. The molecule has 0 aromatic heterocycles. The van der Waals surface area contributed by atoms with Gasteiger partial charge in [0.2, 0.25) is 0 Å². The summed E-state index contributed by atoms with van der Waals surface area (Å²) in [4.78, 5) is 4.71. The molecule has 35 heavy (non-hydrogen) atoms. The van der Waals surface area contributed by atoms with E-state index in [1.54, 1.807) is 7.11 Å². The molecular weight excluding hydrogens is 500 g/mol. The Bertz CT molecular complexity index is 1270. The smallest absolute Gasteiger partial charge is 0.175 e. The normalized spacial score (nSPS) is 20.4. The lowest BCUT2D eigenvalue weighted by Gasteiger charge is -2.37. The highest BCUT2D eigenvalue weighted by molar-refractivity contribution is 9.10. The Kier molecular flexibility index (Phi) is 6.96. The van der Waals surface area contributed by atoms with Crippen molar-refractivity contribution in [2.75, 3.05) is 19.0 Å². The van der Waals surface area contributed by atoms with Crippen LogP contribution in [0.1, 0.15) is 54.0 Å². The van der Waals surface area contributed by atoms with Crippen LogP contribution in [0.4, 0.5) is 11.4 Å². The molecule has 0 saturated carbocycles. The van der Waals surface area contributed by atoms with Crippen molar-refractivity contribution in [3.05, 3.63) is 93.5 Å². The van der Waals surface area contributed by atoms with Crippen molar-refractivity contribution in [2.24, 2.45) is 10.9 Å². The molecule has 1 heterocycles. The number of rotatable bonds is 7. The molecule has 1 aliphatic carbocycles. The molecule has 3 aromatic carbocycles. The van der Waals surface area contributed by atoms with Crippen LogP contribution in [0.15, 0.2) is 76.2 Å². The van der Waals surface area contributed by atoms with E-state index in [2.05, 4.69) is 89.7 Å². The molecule has 1 aliphatic heterocycles. The second-order valence-electron chi connectivity index (χ2n) is 9.30. The zero-order valence-electron chi connectivity index (χ0n) is 20.4. The van der Waals surface area contributed by atoms with Crippen LogP contribution in [0, 0.1) is 12.8 Å². The molecule has 5 rings (SSSR count). The lowest BCUT2D eigenvalue weighted by Crippen LogP contribution is -2.29. The number of aliphatic imine (C=N–C) groups is 1. The van der Waals surface area contributed by atoms with E-state index < -0.39 is 0 Å². The third-order valence-electron chi connectivity index (χ3n) is 6.84. The number of nitrogens with one attached hydrogen (secondary N) is 1. The summed E-state index contributed by atoms with van der Waals surface area (Å²) in [5.41, 5.74) is 7.16. The second kappa shape index (κ2) is 10.3. The molecule has 5 heteroatoms. The number of ether oxygens (including phenoxy) is 2. The van der Waals surface area contributed by atoms with E-state index in [9.17, 15) is 0 Å². The number of hydrogen-bond acceptors (Lipinski definition) is 4. The Hall–Kier alpha value is -3.05. The molecule has 3 atom stereocenters. The molecule has 0 amide bonds. The molecular formula is C30H31BrN2O2. The minimum Gasteiger partial charge on any atom is -0.493 e. The van der Waals surface area contributed by atoms with Crippen molar-refractivity contribution in [1.82, 2.24) is 0 Å². The highest BCUT2D eigenvalue weighted by atomic mass is 79.9. The van der Waals surface area contributed by atoms with Gasteiger partial charge in [-0.25, -0.2) is 0 Å². The first-order valence-corrected chi connectivity index (χ1v) is 13.0. The van der Waals surface area contributed by atoms with Crippen LogP contribution in [0.25, 0.3) is 0 Å². The molecule has 0 spiro atoms. The van der Waals surface area contributed by atoms with E-state index >= 15 is 0 Å². The van der Waals surface area contributed by atoms with E-state index in [0.717, 1.165) is 34.3 Å². The van der Waals surface area contributed by atoms with Crippen molar-refractivity contribution >= 4 is 33.5 Å². The van der Waals surface area contributed by atoms with Gasteiger partial charge in [-0.3, -0.25) is 4.99 Å². The Balaban J connectivity index is 1.34. The molecule has 0 radical (unpaired) electrons. The van der Waals surface area contributed by atoms with Gasteiger partial charge in [0, 0.05) is 17.8 Å². The number of anilines is 1. The van der Waals surface area contributed by atoms with Crippen molar-refractivity contribution in [3.8, 4) is 11.5 Å². The number of benzene rings is 3. The van der Waals surface area contributed by atoms with Gasteiger partial charge in [-0.2, -0.15) is 0 Å². The monoisotopic (exact) mass is 530 g/mol. The maximum atomic E-state index is 5.83. The first-order valence-electron chi connectivity index (χ1n) is 12.3. The number of nitrogens with zero attached hydrogens (tertiary/aromatic N) is 1. The molecule has 2 aliphatic rings. The summed E-state index contributed by atoms with van der Waals surface area (Å²) in [5.74, 6) is 2.44. The fraction of sp³-hybridized carbons (Fsp3) is 0.300. The van der Waals surface area contributed by atoms with Gasteiger partial charge in [0.15, 0.2) is 11.5 Å². The van der Waals surface area contributed by atoms with E-state index in [0.29, 0.717) is 30.2 Å². The van der Waals surface area contributed by atoms with Gasteiger partial charge < -0.3 is 14.8 Å². The zero-order chi connectivity index (χ0) is 24.4. The molecule has 4 nitrogen and oxygen atoms in total. The van der Waals surface area contributed by atoms with Crippen molar-refractivity contribution in [2.45, 2.75) is 38.6 Å². The fourth-order valence-corrected chi connectivity index (χ4v) is 5.69. The Morgan fingerprint density at radius 3 is 2.71 bits per heavy atom. The van der Waals surface area contributed by atoms with Gasteiger partial charge in [0.1, 0.15) is 0 Å². The van der Waals surface area contributed by atoms with Crippen LogP contribution in [-0.2, 0) is 0 Å². The van der Waals surface area contributed by atoms with Crippen LogP contribution in [-0.4, -0.2) is 19.9 Å². The predicted molar refractivity (Wildman–Crippen MR) is 148 cm³/mol. The number of fused-ring (bicyclic) bond motifs is 3. The molecule has 1 N–H and O–H groups in total. The standard InChI is InChI=1S/C30H31BrN2O2/c1-4-14-35-30-26(31)16-20(17-28(30)34-3)18-32-22-11-9-21(10-12-22)29-24-7-5-6-23(24)25-15-19(2)8-13-27(25)33-29/h5-6,8-13,15-18,23-24,29,33H,4,7,14H2,1-3H3/t23-,24-,29-/m0/s1. The van der Waals surface area contributed by atoms with E-state index in [1.165, 1.54) is 22.4 Å². The quantitative estimate of drug-likeness (QED) is 0.247. The average Bonchev–Trinajstić information content (AvgIpc) is 3.37. The largest absolute Gasteiger partial charge is 0.493 e. The number of methoxy groups -OCH3 is 1. The number of halogens is 1. The topological polar surface area (TPSA) is 42.8 Å². The Morgan fingerprint density at radius 2 is 1.94 bits per heavy atom. The molecule has 0 saturated heterocycles. The van der Waals surface area contributed by atoms with E-state index in [1.807, 2.05) is 18.3 Å². The van der Waals surface area contributed by atoms with Gasteiger partial charge >= 0.3 is 0 Å². The summed E-state index contributed by atoms with van der Waals surface area (Å²) >= 11 is 3.61. The molecule has 0 unspecified atom stereocenters. The summed E-state index contributed by atoms with van der Waals surface area (Å²) in [6, 6.07) is 19.6. The molecule has 0 fully saturated rings. The lowest BCUT2D eigenvalue weighted by molar-refractivity contribution is 0.292. The SMILES string of the molecule is CCCOc1c(Br)cc(C=Nc2ccc([C@@H]3Nc4ccc(C)cc4[C@H]4C=CC[C@@H]43)cc2)cc1OC. The van der Waals surface area contributed by atoms with Gasteiger partial charge in [0.25, 0.3) is 0 Å². The Labute approximate surface area is 216 Å². The van der Waals surface area contributed by atoms with Gasteiger partial charge in [-0.05, 0) is 88.6 Å². The van der Waals surface area contributed by atoms with E-state index in [-0.39, 0.29) is 0 Å². The lowest BCUT2D eigenvalue weighted by atomic mass is 9.76. The van der Waals surface area contributed by atoms with Crippen molar-refractivity contribution in [3.63, 3.8) is 0 Å². The summed E-state index contributed by atoms with van der Waals surface area (Å²) in [6.07, 6.45) is 8.63. The van der Waals surface area contributed by atoms with Crippen LogP contribution in [0.2, 0.25) is 0 Å². The van der Waals surface area contributed by atoms with Gasteiger partial charge in [0.05, 0.1) is 29.9 Å². The summed E-state index contributed by atoms with van der Waals surface area (Å²) in [6.45, 7) is 4.90. The Morgan fingerprint density at radius 1 is 1.11 bits per heavy atom. The fourth-order valence-electron chi connectivity index (χ4n) is 5.12. The third-order valence-corrected chi connectivity index (χ3v) is 7.42. The summed E-state index contributed by atoms with van der Waals surface area (Å²) in [7, 11) is 1.66. The van der Waals surface area contributed by atoms with Crippen LogP contribution >= 0.6 is 15.9 Å². The summed E-state index contributed by atoms with van der Waals surface area (Å²) < 4.78 is 12.2. The van der Waals surface area contributed by atoms with Crippen LogP contribution < -0.4 is 14.8 Å². The van der Waals surface area contributed by atoms with E-state index in [4.69, 9.17) is 14.5 Å². The minimum atomic E-state index is 0.291. The molecule has 0 bridgehead atoms. The maximum Gasteiger partial charge on any atom is 0.175 e. The van der Waals surface area contributed by atoms with Gasteiger partial charge in [-0.1, -0.05) is 48.9 Å². The number of allylic oxidation sites excluding steroid dienone is 2. The zero-order valence-corrected chi connectivity index (χ0v) is 22.0. The number of hydrogen-bond donors (Lipinski definition) is 1. The maximum absolute atomic E-state index is 5.83. The first-order chi connectivity index (χ1) is 17.1. The molecule has 180 valence electrons. The summed E-state index contributed by atoms with van der Waals surface area (Å²) in [5, 5.41) is 3.82. The molecule has 3 aromatic rings. The van der Waals surface area contributed by atoms with Crippen LogP contribution in [0.3, 0.4) is 0 Å². The predicted octanol–water partition coefficient (Wildman–Crippen LogP) is 8.13. The van der Waals surface area contributed by atoms with Crippen molar-refractivity contribution in [1.29, 1.82) is 0 Å². The highest BCUT2D eigenvalue weighted by Gasteiger charge is 2.37. The third kappa shape index (κ3) is 4.87. The van der Waals surface area contributed by atoms with Gasteiger partial charge in [-0.15, -0.1) is 0 Å². The minimum absolute atomic E-state index is 0.291. The number of aryl methyl sites for hydroxylation is 1. The van der Waals surface area contributed by atoms with Crippen molar-refractivity contribution < 1.29 is 9.47 Å². The van der Waals surface area contributed by atoms with Crippen LogP contribution in [0.5, 0.6) is 11.5 Å². The highest BCUT2D eigenvalue weighted by Crippen LogP contribution is 2.50.